The number of piperazine rings is 1. The van der Waals surface area contributed by atoms with E-state index in [1.807, 2.05) is 23.1 Å². The van der Waals surface area contributed by atoms with Crippen molar-refractivity contribution in [2.24, 2.45) is 0 Å². The smallest absolute Gasteiger partial charge is 0.241 e. The molecule has 5 heteroatoms. The number of halogens is 1. The molecule has 1 aliphatic heterocycles. The molecule has 0 saturated carbocycles. The summed E-state index contributed by atoms with van der Waals surface area (Å²) in [5.41, 5.74) is 1.82. The minimum Gasteiger partial charge on any atom is -0.376 e. The number of hydrogen-bond donors (Lipinski definition) is 1. The number of nitrogens with zero attached hydrogens (tertiary/aromatic N) is 2. The summed E-state index contributed by atoms with van der Waals surface area (Å²) in [6, 6.07) is 16.4. The summed E-state index contributed by atoms with van der Waals surface area (Å²) in [6.45, 7) is 3.26. The Bertz CT molecular complexity index is 654. The molecule has 0 bridgehead atoms. The quantitative estimate of drug-likeness (QED) is 0.942. The number of carbonyl (C=O) groups excluding carboxylic acids is 1. The van der Waals surface area contributed by atoms with Gasteiger partial charge in [0.2, 0.25) is 5.91 Å². The average molecular weight is 313 g/mol. The van der Waals surface area contributed by atoms with Crippen LogP contribution in [-0.2, 0) is 4.79 Å². The third kappa shape index (κ3) is 4.00. The Hall–Kier alpha value is -2.56. The van der Waals surface area contributed by atoms with E-state index >= 15 is 0 Å². The number of hydrogen-bond acceptors (Lipinski definition) is 3. The molecule has 0 spiro atoms. The second kappa shape index (κ2) is 7.13. The molecule has 1 N–H and O–H groups in total. The molecule has 0 unspecified atom stereocenters. The zero-order valence-electron chi connectivity index (χ0n) is 12.9. The fraction of sp³-hybridized carbons (Fsp3) is 0.278. The van der Waals surface area contributed by atoms with Crippen LogP contribution in [0.15, 0.2) is 54.6 Å². The number of nitrogens with one attached hydrogen (secondary N) is 1. The Morgan fingerprint density at radius 2 is 1.74 bits per heavy atom. The van der Waals surface area contributed by atoms with Crippen molar-refractivity contribution in [1.82, 2.24) is 4.90 Å². The maximum Gasteiger partial charge on any atom is 0.241 e. The topological polar surface area (TPSA) is 35.6 Å². The highest BCUT2D eigenvalue weighted by molar-refractivity contribution is 5.81. The highest BCUT2D eigenvalue weighted by Crippen LogP contribution is 2.15. The Labute approximate surface area is 135 Å². The lowest BCUT2D eigenvalue weighted by atomic mass is 10.2. The molecule has 1 amide bonds. The molecule has 1 aliphatic rings. The van der Waals surface area contributed by atoms with E-state index in [1.165, 1.54) is 17.8 Å². The molecule has 0 aliphatic carbocycles. The number of rotatable bonds is 4. The van der Waals surface area contributed by atoms with Crippen molar-refractivity contribution in [2.45, 2.75) is 0 Å². The molecular weight excluding hydrogens is 293 g/mol. The predicted octanol–water partition coefficient (Wildman–Crippen LogP) is 2.59. The molecule has 0 aromatic heterocycles. The Morgan fingerprint density at radius 3 is 2.43 bits per heavy atom. The molecule has 23 heavy (non-hydrogen) atoms. The summed E-state index contributed by atoms with van der Waals surface area (Å²) in [5.74, 6) is -0.263. The number of anilines is 2. The summed E-state index contributed by atoms with van der Waals surface area (Å²) >= 11 is 0. The maximum atomic E-state index is 13.1. The summed E-state index contributed by atoms with van der Waals surface area (Å²) in [7, 11) is 0. The predicted molar refractivity (Wildman–Crippen MR) is 90.1 cm³/mol. The summed E-state index contributed by atoms with van der Waals surface area (Å²) in [4.78, 5) is 16.4. The first-order valence-electron chi connectivity index (χ1n) is 7.79. The number of carbonyl (C=O) groups is 1. The van der Waals surface area contributed by atoms with Crippen LogP contribution in [-0.4, -0.2) is 43.5 Å². The molecule has 0 radical (unpaired) electrons. The normalized spacial score (nSPS) is 14.7. The second-order valence-electron chi connectivity index (χ2n) is 5.57. The van der Waals surface area contributed by atoms with Crippen LogP contribution in [0.1, 0.15) is 0 Å². The van der Waals surface area contributed by atoms with E-state index in [1.54, 1.807) is 12.1 Å². The first kappa shape index (κ1) is 15.3. The SMILES string of the molecule is O=C(CNc1cccc(F)c1)N1CCN(c2ccccc2)CC1. The molecule has 1 saturated heterocycles. The lowest BCUT2D eigenvalue weighted by molar-refractivity contribution is -0.129. The molecule has 1 heterocycles. The molecule has 2 aromatic carbocycles. The van der Waals surface area contributed by atoms with Crippen molar-refractivity contribution in [1.29, 1.82) is 0 Å². The average Bonchev–Trinajstić information content (AvgIpc) is 2.61. The monoisotopic (exact) mass is 313 g/mol. The Morgan fingerprint density at radius 1 is 1.00 bits per heavy atom. The van der Waals surface area contributed by atoms with Crippen LogP contribution in [0.2, 0.25) is 0 Å². The lowest BCUT2D eigenvalue weighted by Gasteiger charge is -2.36. The zero-order valence-corrected chi connectivity index (χ0v) is 12.9. The number of amides is 1. The van der Waals surface area contributed by atoms with E-state index in [-0.39, 0.29) is 18.3 Å². The Balaban J connectivity index is 1.48. The van der Waals surface area contributed by atoms with Crippen molar-refractivity contribution < 1.29 is 9.18 Å². The summed E-state index contributed by atoms with van der Waals surface area (Å²) in [5, 5.41) is 2.98. The van der Waals surface area contributed by atoms with Gasteiger partial charge in [-0.05, 0) is 30.3 Å². The van der Waals surface area contributed by atoms with Gasteiger partial charge in [0.25, 0.3) is 0 Å². The molecule has 3 rings (SSSR count). The highest BCUT2D eigenvalue weighted by Gasteiger charge is 2.20. The molecule has 0 atom stereocenters. The van der Waals surface area contributed by atoms with Gasteiger partial charge in [0.1, 0.15) is 5.82 Å². The van der Waals surface area contributed by atoms with Gasteiger partial charge in [-0.25, -0.2) is 4.39 Å². The fourth-order valence-corrected chi connectivity index (χ4v) is 2.74. The van der Waals surface area contributed by atoms with Crippen LogP contribution in [0.5, 0.6) is 0 Å². The van der Waals surface area contributed by atoms with E-state index in [2.05, 4.69) is 22.3 Å². The van der Waals surface area contributed by atoms with Crippen molar-refractivity contribution in [2.75, 3.05) is 42.9 Å². The van der Waals surface area contributed by atoms with E-state index in [4.69, 9.17) is 0 Å². The molecule has 1 fully saturated rings. The lowest BCUT2D eigenvalue weighted by Crippen LogP contribution is -2.50. The van der Waals surface area contributed by atoms with Crippen LogP contribution in [0, 0.1) is 5.82 Å². The molecular formula is C18H20FN3O. The maximum absolute atomic E-state index is 13.1. The standard InChI is InChI=1S/C18H20FN3O/c19-15-5-4-6-16(13-15)20-14-18(23)22-11-9-21(10-12-22)17-7-2-1-3-8-17/h1-8,13,20H,9-12,14H2. The van der Waals surface area contributed by atoms with Crippen molar-refractivity contribution >= 4 is 17.3 Å². The van der Waals surface area contributed by atoms with E-state index in [0.717, 1.165) is 13.1 Å². The first-order valence-corrected chi connectivity index (χ1v) is 7.79. The third-order valence-corrected chi connectivity index (χ3v) is 4.02. The first-order chi connectivity index (χ1) is 11.2. The van der Waals surface area contributed by atoms with E-state index < -0.39 is 0 Å². The van der Waals surface area contributed by atoms with Gasteiger partial charge in [-0.1, -0.05) is 24.3 Å². The second-order valence-corrected chi connectivity index (χ2v) is 5.57. The fourth-order valence-electron chi connectivity index (χ4n) is 2.74. The van der Waals surface area contributed by atoms with Crippen LogP contribution >= 0.6 is 0 Å². The van der Waals surface area contributed by atoms with Crippen LogP contribution in [0.25, 0.3) is 0 Å². The van der Waals surface area contributed by atoms with Gasteiger partial charge in [-0.15, -0.1) is 0 Å². The number of para-hydroxylation sites is 1. The van der Waals surface area contributed by atoms with Crippen LogP contribution < -0.4 is 10.2 Å². The van der Waals surface area contributed by atoms with Gasteiger partial charge in [0.05, 0.1) is 6.54 Å². The van der Waals surface area contributed by atoms with Gasteiger partial charge in [0.15, 0.2) is 0 Å². The van der Waals surface area contributed by atoms with Crippen molar-refractivity contribution in [3.63, 3.8) is 0 Å². The summed E-state index contributed by atoms with van der Waals surface area (Å²) < 4.78 is 13.1. The van der Waals surface area contributed by atoms with E-state index in [0.29, 0.717) is 18.8 Å². The van der Waals surface area contributed by atoms with Gasteiger partial charge < -0.3 is 15.1 Å². The van der Waals surface area contributed by atoms with Crippen molar-refractivity contribution in [3.8, 4) is 0 Å². The van der Waals surface area contributed by atoms with Gasteiger partial charge in [-0.2, -0.15) is 0 Å². The highest BCUT2D eigenvalue weighted by atomic mass is 19.1. The minimum absolute atomic E-state index is 0.0435. The van der Waals surface area contributed by atoms with Gasteiger partial charge in [-0.3, -0.25) is 4.79 Å². The van der Waals surface area contributed by atoms with Crippen LogP contribution in [0.4, 0.5) is 15.8 Å². The molecule has 4 nitrogen and oxygen atoms in total. The summed E-state index contributed by atoms with van der Waals surface area (Å²) in [6.07, 6.45) is 0. The minimum atomic E-state index is -0.307. The largest absolute Gasteiger partial charge is 0.376 e. The Kier molecular flexibility index (Phi) is 4.76. The molecule has 2 aromatic rings. The third-order valence-electron chi connectivity index (χ3n) is 4.02. The number of benzene rings is 2. The molecule has 120 valence electrons. The van der Waals surface area contributed by atoms with Gasteiger partial charge >= 0.3 is 0 Å². The van der Waals surface area contributed by atoms with Gasteiger partial charge in [0, 0.05) is 37.6 Å². The zero-order chi connectivity index (χ0) is 16.1. The van der Waals surface area contributed by atoms with Crippen LogP contribution in [0.3, 0.4) is 0 Å². The van der Waals surface area contributed by atoms with E-state index in [9.17, 15) is 9.18 Å². The van der Waals surface area contributed by atoms with Crippen molar-refractivity contribution in [3.05, 3.63) is 60.4 Å².